The Labute approximate surface area is 186 Å². The first-order chi connectivity index (χ1) is 13.2. The van der Waals surface area contributed by atoms with Gasteiger partial charge in [0.25, 0.3) is 0 Å². The summed E-state index contributed by atoms with van der Waals surface area (Å²) in [4.78, 5) is 2.75. The van der Waals surface area contributed by atoms with Crippen molar-refractivity contribution in [1.29, 1.82) is 0 Å². The van der Waals surface area contributed by atoms with E-state index in [2.05, 4.69) is 64.5 Å². The molecule has 144 valence electrons. The summed E-state index contributed by atoms with van der Waals surface area (Å²) in [5.41, 5.74) is 2.78. The van der Waals surface area contributed by atoms with Crippen LogP contribution in [0.25, 0.3) is 25.3 Å². The van der Waals surface area contributed by atoms with Gasteiger partial charge >= 0.3 is 187 Å². The van der Waals surface area contributed by atoms with Gasteiger partial charge in [-0.1, -0.05) is 0 Å². The van der Waals surface area contributed by atoms with Crippen molar-refractivity contribution >= 4 is 58.7 Å². The van der Waals surface area contributed by atoms with Crippen LogP contribution in [0.1, 0.15) is 62.7 Å². The average Bonchev–Trinajstić information content (AvgIpc) is 3.40. The van der Waals surface area contributed by atoms with Crippen molar-refractivity contribution in [2.24, 2.45) is 0 Å². The van der Waals surface area contributed by atoms with Crippen molar-refractivity contribution < 1.29 is 0 Å². The molecule has 3 rings (SSSR count). The van der Waals surface area contributed by atoms with Gasteiger partial charge in [-0.25, -0.2) is 0 Å². The van der Waals surface area contributed by atoms with Crippen molar-refractivity contribution in [2.75, 3.05) is 0 Å². The van der Waals surface area contributed by atoms with Crippen LogP contribution in [0, 0.1) is 0 Å². The Kier molecular flexibility index (Phi) is 8.67. The summed E-state index contributed by atoms with van der Waals surface area (Å²) >= 11 is 7.75. The number of hydrogen-bond acceptors (Lipinski definition) is 2. The fraction of sp³-hybridized carbons (Fsp3) is 0.391. The first-order valence-electron chi connectivity index (χ1n) is 9.80. The van der Waals surface area contributed by atoms with Crippen LogP contribution in [0.2, 0.25) is 0 Å². The molecule has 0 saturated heterocycles. The first-order valence-corrected chi connectivity index (χ1v) is 14.1. The van der Waals surface area contributed by atoms with E-state index >= 15 is 0 Å². The van der Waals surface area contributed by atoms with Gasteiger partial charge < -0.3 is 0 Å². The average molecular weight is 526 g/mol. The van der Waals surface area contributed by atoms with Gasteiger partial charge in [0, 0.05) is 0 Å². The summed E-state index contributed by atoms with van der Waals surface area (Å²) < 4.78 is 4.19. The SMILES string of the molecule is C=C(CCCCCCCCC)c1ccc(-c2ccsc2-c2sccc2Br)[se]1. The Hall–Kier alpha value is -0.381. The Morgan fingerprint density at radius 2 is 1.63 bits per heavy atom. The standard InChI is InChI=1S/C23H27BrS2Se/c1-3-4-5-6-7-8-9-10-17(2)20-11-12-21(27-20)18-13-15-25-22(18)23-19(24)14-16-26-23/h11-16H,2-10H2,1H3. The van der Waals surface area contributed by atoms with Crippen LogP contribution < -0.4 is 0 Å². The molecule has 0 nitrogen and oxygen atoms in total. The van der Waals surface area contributed by atoms with Crippen LogP contribution >= 0.6 is 38.6 Å². The molecule has 4 heteroatoms. The van der Waals surface area contributed by atoms with Crippen molar-refractivity contribution in [3.63, 3.8) is 0 Å². The molecule has 0 unspecified atom stereocenters. The van der Waals surface area contributed by atoms with Crippen LogP contribution in [-0.2, 0) is 0 Å². The van der Waals surface area contributed by atoms with Gasteiger partial charge in [-0.15, -0.1) is 0 Å². The van der Waals surface area contributed by atoms with Gasteiger partial charge in [-0.05, 0) is 0 Å². The molecule has 3 aromatic rings. The van der Waals surface area contributed by atoms with Gasteiger partial charge in [0.15, 0.2) is 0 Å². The molecule has 27 heavy (non-hydrogen) atoms. The van der Waals surface area contributed by atoms with E-state index in [0.717, 1.165) is 6.42 Å². The summed E-state index contributed by atoms with van der Waals surface area (Å²) in [5.74, 6) is 0. The van der Waals surface area contributed by atoms with E-state index < -0.39 is 0 Å². The summed E-state index contributed by atoms with van der Waals surface area (Å²) in [6.07, 6.45) is 10.7. The van der Waals surface area contributed by atoms with Crippen LogP contribution in [-0.4, -0.2) is 14.5 Å². The molecule has 0 N–H and O–H groups in total. The number of thiophene rings is 2. The normalized spacial score (nSPS) is 11.2. The monoisotopic (exact) mass is 526 g/mol. The molecule has 0 fully saturated rings. The number of hydrogen-bond donors (Lipinski definition) is 0. The molecule has 0 aliphatic rings. The summed E-state index contributed by atoms with van der Waals surface area (Å²) in [5, 5.41) is 4.38. The maximum absolute atomic E-state index is 4.40. The predicted octanol–water partition coefficient (Wildman–Crippen LogP) is 9.12. The van der Waals surface area contributed by atoms with Gasteiger partial charge in [0.1, 0.15) is 0 Å². The Bertz CT molecular complexity index is 855. The minimum atomic E-state index is 0.387. The molecule has 0 radical (unpaired) electrons. The molecule has 3 aromatic heterocycles. The predicted molar refractivity (Wildman–Crippen MR) is 129 cm³/mol. The number of allylic oxidation sites excluding steroid dienone is 1. The molecule has 0 aliphatic heterocycles. The number of unbranched alkanes of at least 4 members (excludes halogenated alkanes) is 6. The van der Waals surface area contributed by atoms with Gasteiger partial charge in [-0.3, -0.25) is 0 Å². The first kappa shape index (κ1) is 21.3. The van der Waals surface area contributed by atoms with Crippen molar-refractivity contribution in [2.45, 2.75) is 58.3 Å². The molecule has 3 heterocycles. The Morgan fingerprint density at radius 3 is 2.37 bits per heavy atom. The molecular weight excluding hydrogens is 499 g/mol. The van der Waals surface area contributed by atoms with Crippen LogP contribution in [0.15, 0.2) is 46.1 Å². The van der Waals surface area contributed by atoms with Crippen molar-refractivity contribution in [3.8, 4) is 19.8 Å². The van der Waals surface area contributed by atoms with E-state index in [1.807, 2.05) is 22.7 Å². The van der Waals surface area contributed by atoms with Crippen molar-refractivity contribution in [1.82, 2.24) is 0 Å². The van der Waals surface area contributed by atoms with E-state index in [9.17, 15) is 0 Å². The third kappa shape index (κ3) is 5.81. The second-order valence-electron chi connectivity index (χ2n) is 6.90. The number of halogens is 1. The van der Waals surface area contributed by atoms with Crippen LogP contribution in [0.5, 0.6) is 0 Å². The minimum absolute atomic E-state index is 0.387. The van der Waals surface area contributed by atoms with E-state index in [-0.39, 0.29) is 0 Å². The summed E-state index contributed by atoms with van der Waals surface area (Å²) in [6.45, 7) is 6.68. The third-order valence-electron chi connectivity index (χ3n) is 4.79. The van der Waals surface area contributed by atoms with Crippen LogP contribution in [0.4, 0.5) is 0 Å². The van der Waals surface area contributed by atoms with Crippen LogP contribution in [0.3, 0.4) is 0 Å². The third-order valence-corrected chi connectivity index (χ3v) is 10.3. The zero-order chi connectivity index (χ0) is 19.1. The zero-order valence-corrected chi connectivity index (χ0v) is 20.9. The second kappa shape index (κ2) is 11.0. The molecule has 0 spiro atoms. The fourth-order valence-corrected chi connectivity index (χ4v) is 8.35. The Balaban J connectivity index is 1.57. The van der Waals surface area contributed by atoms with E-state index in [0.29, 0.717) is 14.5 Å². The molecule has 0 saturated carbocycles. The second-order valence-corrected chi connectivity index (χ2v) is 11.9. The Morgan fingerprint density at radius 1 is 0.926 bits per heavy atom. The zero-order valence-electron chi connectivity index (χ0n) is 15.9. The van der Waals surface area contributed by atoms with Crippen molar-refractivity contribution in [3.05, 3.63) is 50.5 Å². The molecular formula is C23H27BrS2Se. The molecule has 0 aliphatic carbocycles. The topological polar surface area (TPSA) is 0 Å². The quantitative estimate of drug-likeness (QED) is 0.173. The van der Waals surface area contributed by atoms with Gasteiger partial charge in [-0.2, -0.15) is 0 Å². The molecule has 0 amide bonds. The number of rotatable bonds is 11. The fourth-order valence-electron chi connectivity index (χ4n) is 3.23. The van der Waals surface area contributed by atoms with E-state index in [1.54, 1.807) is 0 Å². The molecule has 0 aromatic carbocycles. The van der Waals surface area contributed by atoms with Gasteiger partial charge in [0.2, 0.25) is 0 Å². The molecule has 0 bridgehead atoms. The van der Waals surface area contributed by atoms with Gasteiger partial charge in [0.05, 0.1) is 0 Å². The van der Waals surface area contributed by atoms with E-state index in [1.165, 1.54) is 79.2 Å². The summed E-state index contributed by atoms with van der Waals surface area (Å²) in [7, 11) is 0. The van der Waals surface area contributed by atoms with E-state index in [4.69, 9.17) is 0 Å². The molecule has 0 atom stereocenters. The summed E-state index contributed by atoms with van der Waals surface area (Å²) in [6, 6.07) is 9.09. The maximum atomic E-state index is 4.40.